The average Bonchev–Trinajstić information content (AvgIpc) is 2.31. The molecule has 9 heteroatoms. The summed E-state index contributed by atoms with van der Waals surface area (Å²) in [6.07, 6.45) is 0. The van der Waals surface area contributed by atoms with E-state index in [0.717, 1.165) is 13.2 Å². The van der Waals surface area contributed by atoms with Gasteiger partial charge in [-0.1, -0.05) is 0 Å². The molecule has 1 aliphatic heterocycles. The smallest absolute Gasteiger partial charge is 0.377 e. The van der Waals surface area contributed by atoms with Crippen LogP contribution in [0, 0.1) is 5.41 Å². The van der Waals surface area contributed by atoms with E-state index in [9.17, 15) is 0 Å². The molecule has 0 radical (unpaired) electrons. The number of guanidine groups is 1. The van der Waals surface area contributed by atoms with E-state index >= 15 is 0 Å². The van der Waals surface area contributed by atoms with Crippen molar-refractivity contribution in [1.29, 1.82) is 5.41 Å². The molecule has 1 rings (SSSR count). The van der Waals surface area contributed by atoms with Crippen LogP contribution in [0.15, 0.2) is 0 Å². The summed E-state index contributed by atoms with van der Waals surface area (Å²) in [5.74, 6) is -0.333. The van der Waals surface area contributed by atoms with Crippen LogP contribution in [0.5, 0.6) is 0 Å². The van der Waals surface area contributed by atoms with Crippen LogP contribution in [0.4, 0.5) is 0 Å². The lowest BCUT2D eigenvalue weighted by atomic mass is 11.0. The van der Waals surface area contributed by atoms with E-state index in [1.165, 1.54) is 0 Å². The van der Waals surface area contributed by atoms with Crippen LogP contribution in [0.1, 0.15) is 0 Å². The second-order valence-electron chi connectivity index (χ2n) is 1.52. The van der Waals surface area contributed by atoms with Crippen molar-refractivity contribution in [2.45, 2.75) is 0 Å². The van der Waals surface area contributed by atoms with Gasteiger partial charge in [0.15, 0.2) is 5.96 Å². The molecule has 0 saturated carbocycles. The Balaban J connectivity index is 0. The van der Waals surface area contributed by atoms with Gasteiger partial charge in [-0.15, -0.1) is 0 Å². The molecule has 1 heterocycles. The van der Waals surface area contributed by atoms with E-state index in [2.05, 4.69) is 16.2 Å². The first-order valence-corrected chi connectivity index (χ1v) is 4.00. The van der Waals surface area contributed by atoms with Crippen molar-refractivity contribution in [1.82, 2.24) is 0 Å². The lowest BCUT2D eigenvalue weighted by Crippen LogP contribution is -2.20. The number of hydrogen-bond acceptors (Lipinski definition) is 4. The summed E-state index contributed by atoms with van der Waals surface area (Å²) in [6, 6.07) is 0. The van der Waals surface area contributed by atoms with Crippen LogP contribution in [-0.2, 0) is 15.1 Å². The van der Waals surface area contributed by atoms with Gasteiger partial charge in [0.25, 0.3) is 0 Å². The van der Waals surface area contributed by atoms with Crippen LogP contribution in [0.25, 0.3) is 0 Å². The fourth-order valence-electron chi connectivity index (χ4n) is 0. The number of rotatable bonds is 0. The number of nitrogens with two attached hydrogens (primary N) is 2. The molecule has 0 bridgehead atoms. The molecule has 12 heavy (non-hydrogen) atoms. The highest BCUT2D eigenvalue weighted by Crippen LogP contribution is 1.84. The summed E-state index contributed by atoms with van der Waals surface area (Å²) in [7, 11) is -4.67. The third kappa shape index (κ3) is 59700. The van der Waals surface area contributed by atoms with Gasteiger partial charge in [-0.05, 0) is 0 Å². The SMILES string of the molecule is C1CO1.N=C(N)N.O=S(=O)(O)O. The molecule has 1 fully saturated rings. The predicted octanol–water partition coefficient (Wildman–Crippen LogP) is -1.80. The fourth-order valence-corrected chi connectivity index (χ4v) is 0. The highest BCUT2D eigenvalue weighted by Gasteiger charge is 1.94. The molecule has 8 nitrogen and oxygen atoms in total. The zero-order valence-corrected chi connectivity index (χ0v) is 6.91. The Kier molecular flexibility index (Phi) is 7.73. The van der Waals surface area contributed by atoms with Gasteiger partial charge in [-0.2, -0.15) is 8.42 Å². The minimum atomic E-state index is -4.67. The van der Waals surface area contributed by atoms with Gasteiger partial charge in [0.2, 0.25) is 0 Å². The molecule has 0 amide bonds. The molecular formula is C3H11N3O5S. The number of hydrogen-bond donors (Lipinski definition) is 5. The topological polar surface area (TPSA) is 163 Å². The molecule has 0 unspecified atom stereocenters. The van der Waals surface area contributed by atoms with Crippen molar-refractivity contribution >= 4 is 16.4 Å². The minimum Gasteiger partial charge on any atom is -0.377 e. The first-order chi connectivity index (χ1) is 5.23. The summed E-state index contributed by atoms with van der Waals surface area (Å²) >= 11 is 0. The van der Waals surface area contributed by atoms with Crippen LogP contribution in [0.3, 0.4) is 0 Å². The van der Waals surface area contributed by atoms with Crippen LogP contribution in [0.2, 0.25) is 0 Å². The molecule has 0 aromatic heterocycles. The largest absolute Gasteiger partial charge is 0.394 e. The van der Waals surface area contributed by atoms with Gasteiger partial charge >= 0.3 is 10.4 Å². The van der Waals surface area contributed by atoms with Crippen LogP contribution >= 0.6 is 0 Å². The lowest BCUT2D eigenvalue weighted by molar-refractivity contribution is 0.381. The molecule has 0 spiro atoms. The fraction of sp³-hybridized carbons (Fsp3) is 0.667. The van der Waals surface area contributed by atoms with E-state index in [1.807, 2.05) is 0 Å². The molecule has 7 N–H and O–H groups in total. The minimum absolute atomic E-state index is 0.333. The molecule has 0 aliphatic carbocycles. The first kappa shape index (κ1) is 13.7. The second kappa shape index (κ2) is 6.79. The van der Waals surface area contributed by atoms with Gasteiger partial charge in [-0.3, -0.25) is 14.5 Å². The number of nitrogens with one attached hydrogen (secondary N) is 1. The highest BCUT2D eigenvalue weighted by atomic mass is 32.3. The van der Waals surface area contributed by atoms with E-state index < -0.39 is 10.4 Å². The molecular weight excluding hydrogens is 190 g/mol. The van der Waals surface area contributed by atoms with Crippen molar-refractivity contribution < 1.29 is 22.3 Å². The van der Waals surface area contributed by atoms with Gasteiger partial charge in [0.1, 0.15) is 0 Å². The Morgan fingerprint density at radius 2 is 1.42 bits per heavy atom. The zero-order valence-electron chi connectivity index (χ0n) is 6.10. The Bertz CT molecular complexity index is 195. The van der Waals surface area contributed by atoms with Gasteiger partial charge in [0, 0.05) is 0 Å². The first-order valence-electron chi connectivity index (χ1n) is 2.60. The third-order valence-corrected chi connectivity index (χ3v) is 0.204. The summed E-state index contributed by atoms with van der Waals surface area (Å²) in [6.45, 7) is 2.00. The van der Waals surface area contributed by atoms with E-state index in [1.54, 1.807) is 0 Å². The maximum Gasteiger partial charge on any atom is 0.394 e. The number of epoxide rings is 1. The maximum absolute atomic E-state index is 8.74. The molecule has 0 aromatic rings. The molecule has 1 aliphatic rings. The van der Waals surface area contributed by atoms with Crippen molar-refractivity contribution in [2.75, 3.05) is 13.2 Å². The van der Waals surface area contributed by atoms with E-state index in [0.29, 0.717) is 0 Å². The monoisotopic (exact) mass is 201 g/mol. The maximum atomic E-state index is 8.74. The Labute approximate surface area is 69.6 Å². The molecule has 0 atom stereocenters. The molecule has 1 saturated heterocycles. The summed E-state index contributed by atoms with van der Waals surface area (Å²) < 4.78 is 36.1. The summed E-state index contributed by atoms with van der Waals surface area (Å²) in [5.41, 5.74) is 8.94. The van der Waals surface area contributed by atoms with Gasteiger partial charge < -0.3 is 16.2 Å². The number of ether oxygens (including phenoxy) is 1. The lowest BCUT2D eigenvalue weighted by Gasteiger charge is -1.69. The summed E-state index contributed by atoms with van der Waals surface area (Å²) in [4.78, 5) is 0. The highest BCUT2D eigenvalue weighted by molar-refractivity contribution is 7.79. The predicted molar refractivity (Wildman–Crippen MR) is 41.1 cm³/mol. The standard InChI is InChI=1S/C2H4O.CH5N3.H2O4S/c1-2-3-1;2-1(3)4;1-5(2,3)4/h1-2H2;(H5,2,3,4);(H2,1,2,3,4). The average molecular weight is 201 g/mol. The van der Waals surface area contributed by atoms with Gasteiger partial charge in [-0.25, -0.2) is 0 Å². The van der Waals surface area contributed by atoms with E-state index in [4.69, 9.17) is 22.9 Å². The Morgan fingerprint density at radius 1 is 1.33 bits per heavy atom. The normalized spacial score (nSPS) is 12.8. The van der Waals surface area contributed by atoms with Crippen LogP contribution in [-0.4, -0.2) is 36.7 Å². The quantitative estimate of drug-likeness (QED) is 0.133. The van der Waals surface area contributed by atoms with Crippen molar-refractivity contribution in [3.8, 4) is 0 Å². The van der Waals surface area contributed by atoms with E-state index in [-0.39, 0.29) is 5.96 Å². The summed E-state index contributed by atoms with van der Waals surface area (Å²) in [5, 5.41) is 6.06. The van der Waals surface area contributed by atoms with Crippen molar-refractivity contribution in [2.24, 2.45) is 11.5 Å². The molecule has 74 valence electrons. The Hall–Kier alpha value is -0.900. The van der Waals surface area contributed by atoms with Crippen LogP contribution < -0.4 is 11.5 Å². The zero-order chi connectivity index (χ0) is 10.2. The Morgan fingerprint density at radius 3 is 1.42 bits per heavy atom. The second-order valence-corrected chi connectivity index (χ2v) is 2.41. The van der Waals surface area contributed by atoms with Gasteiger partial charge in [0.05, 0.1) is 13.2 Å². The van der Waals surface area contributed by atoms with Crippen molar-refractivity contribution in [3.05, 3.63) is 0 Å². The third-order valence-electron chi connectivity index (χ3n) is 0.204. The molecule has 0 aromatic carbocycles. The van der Waals surface area contributed by atoms with Crippen molar-refractivity contribution in [3.63, 3.8) is 0 Å².